The molecule has 36 heavy (non-hydrogen) atoms. The fraction of sp³-hybridized carbons (Fsp3) is 0.929. The highest BCUT2D eigenvalue weighted by Crippen LogP contribution is 2.32. The summed E-state index contributed by atoms with van der Waals surface area (Å²) < 4.78 is 13.5. The van der Waals surface area contributed by atoms with Crippen molar-refractivity contribution < 1.29 is 28.0 Å². The van der Waals surface area contributed by atoms with E-state index in [1.54, 1.807) is 28.2 Å². The number of carbonyl (C=O) groups is 2. The number of rotatable bonds is 13. The zero-order valence-electron chi connectivity index (χ0n) is 24.6. The lowest BCUT2D eigenvalue weighted by Gasteiger charge is -2.39. The second kappa shape index (κ2) is 13.8. The van der Waals surface area contributed by atoms with E-state index in [1.807, 2.05) is 0 Å². The van der Waals surface area contributed by atoms with Gasteiger partial charge < -0.3 is 28.2 Å². The van der Waals surface area contributed by atoms with Gasteiger partial charge in [0, 0.05) is 41.0 Å². The molecule has 4 unspecified atom stereocenters. The molecule has 0 saturated heterocycles. The largest absolute Gasteiger partial charge is 0.440 e. The van der Waals surface area contributed by atoms with E-state index in [0.717, 1.165) is 60.6 Å². The molecular formula is C28H56N4O4+2. The minimum Gasteiger partial charge on any atom is -0.440 e. The van der Waals surface area contributed by atoms with Crippen LogP contribution in [0.15, 0.2) is 0 Å². The van der Waals surface area contributed by atoms with Crippen molar-refractivity contribution in [2.75, 3.05) is 69.5 Å². The Morgan fingerprint density at radius 3 is 1.28 bits per heavy atom. The van der Waals surface area contributed by atoms with E-state index in [1.165, 1.54) is 48.3 Å². The molecule has 210 valence electrons. The summed E-state index contributed by atoms with van der Waals surface area (Å²) in [5.74, 6) is 0. The number of ether oxygens (including phenoxy) is 2. The predicted octanol–water partition coefficient (Wildman–Crippen LogP) is 4.72. The van der Waals surface area contributed by atoms with E-state index in [-0.39, 0.29) is 24.4 Å². The number of hydrogen-bond acceptors (Lipinski definition) is 4. The second-order valence-electron chi connectivity index (χ2n) is 12.8. The summed E-state index contributed by atoms with van der Waals surface area (Å²) in [5.41, 5.74) is 0. The molecular weight excluding hydrogens is 456 g/mol. The third-order valence-electron chi connectivity index (χ3n) is 8.58. The third-order valence-corrected chi connectivity index (χ3v) is 8.58. The van der Waals surface area contributed by atoms with E-state index in [9.17, 15) is 9.59 Å². The highest BCUT2D eigenvalue weighted by molar-refractivity contribution is 5.67. The van der Waals surface area contributed by atoms with Crippen LogP contribution in [-0.4, -0.2) is 125 Å². The molecule has 2 amide bonds. The van der Waals surface area contributed by atoms with Crippen LogP contribution < -0.4 is 0 Å². The molecule has 2 saturated carbocycles. The maximum Gasteiger partial charge on any atom is 0.409 e. The molecule has 0 aromatic carbocycles. The van der Waals surface area contributed by atoms with Crippen molar-refractivity contribution in [2.24, 2.45) is 0 Å². The molecule has 2 aliphatic carbocycles. The molecule has 0 heterocycles. The van der Waals surface area contributed by atoms with E-state index < -0.39 is 0 Å². The SMILES string of the molecule is CN(C)C(=O)OC1CCCC1[N+](C)(C)CCCCCCCC[N+](C)(C)C1CCCC1OC(=O)N(C)C. The summed E-state index contributed by atoms with van der Waals surface area (Å²) >= 11 is 0. The zero-order chi connectivity index (χ0) is 26.9. The Morgan fingerprint density at radius 1 is 0.611 bits per heavy atom. The van der Waals surface area contributed by atoms with Crippen molar-refractivity contribution in [3.63, 3.8) is 0 Å². The van der Waals surface area contributed by atoms with Gasteiger partial charge in [-0.15, -0.1) is 0 Å². The number of hydrogen-bond donors (Lipinski definition) is 0. The van der Waals surface area contributed by atoms with Crippen LogP contribution >= 0.6 is 0 Å². The quantitative estimate of drug-likeness (QED) is 0.265. The van der Waals surface area contributed by atoms with Crippen LogP contribution in [0.5, 0.6) is 0 Å². The lowest BCUT2D eigenvalue weighted by molar-refractivity contribution is -0.917. The Balaban J connectivity index is 1.63. The van der Waals surface area contributed by atoms with Gasteiger partial charge in [-0.05, 0) is 51.4 Å². The number of nitrogens with zero attached hydrogens (tertiary/aromatic N) is 4. The lowest BCUT2D eigenvalue weighted by Crippen LogP contribution is -2.54. The average Bonchev–Trinajstić information content (AvgIpc) is 3.45. The third kappa shape index (κ3) is 9.09. The van der Waals surface area contributed by atoms with Gasteiger partial charge in [0.1, 0.15) is 12.1 Å². The van der Waals surface area contributed by atoms with Gasteiger partial charge in [-0.25, -0.2) is 9.59 Å². The van der Waals surface area contributed by atoms with Gasteiger partial charge in [-0.2, -0.15) is 0 Å². The average molecular weight is 513 g/mol. The van der Waals surface area contributed by atoms with Gasteiger partial charge in [-0.1, -0.05) is 12.8 Å². The Morgan fingerprint density at radius 2 is 0.944 bits per heavy atom. The highest BCUT2D eigenvalue weighted by Gasteiger charge is 2.42. The molecule has 2 aliphatic rings. The number of carbonyl (C=O) groups excluding carboxylic acids is 2. The van der Waals surface area contributed by atoms with Crippen LogP contribution in [0.2, 0.25) is 0 Å². The molecule has 0 aromatic rings. The summed E-state index contributed by atoms with van der Waals surface area (Å²) in [6, 6.07) is 0.815. The van der Waals surface area contributed by atoms with Crippen LogP contribution in [0, 0.1) is 0 Å². The van der Waals surface area contributed by atoms with Crippen LogP contribution in [0.3, 0.4) is 0 Å². The van der Waals surface area contributed by atoms with E-state index in [4.69, 9.17) is 9.47 Å². The van der Waals surface area contributed by atoms with Gasteiger partial charge in [-0.3, -0.25) is 0 Å². The van der Waals surface area contributed by atoms with Crippen molar-refractivity contribution in [3.05, 3.63) is 0 Å². The van der Waals surface area contributed by atoms with Crippen LogP contribution in [0.4, 0.5) is 9.59 Å². The van der Waals surface area contributed by atoms with Gasteiger partial charge in [0.25, 0.3) is 0 Å². The maximum atomic E-state index is 12.1. The first-order chi connectivity index (χ1) is 16.8. The molecule has 4 atom stereocenters. The maximum absolute atomic E-state index is 12.1. The predicted molar refractivity (Wildman–Crippen MR) is 145 cm³/mol. The lowest BCUT2D eigenvalue weighted by atomic mass is 10.1. The Labute approximate surface area is 221 Å². The van der Waals surface area contributed by atoms with Crippen molar-refractivity contribution in [1.29, 1.82) is 0 Å². The van der Waals surface area contributed by atoms with E-state index in [0.29, 0.717) is 12.1 Å². The second-order valence-corrected chi connectivity index (χ2v) is 12.8. The zero-order valence-corrected chi connectivity index (χ0v) is 24.6. The van der Waals surface area contributed by atoms with Crippen molar-refractivity contribution in [3.8, 4) is 0 Å². The Kier molecular flexibility index (Phi) is 11.8. The molecule has 0 aromatic heterocycles. The van der Waals surface area contributed by atoms with Crippen LogP contribution in [0.1, 0.15) is 77.0 Å². The fourth-order valence-electron chi connectivity index (χ4n) is 6.23. The van der Waals surface area contributed by atoms with Crippen molar-refractivity contribution >= 4 is 12.2 Å². The van der Waals surface area contributed by atoms with Crippen LogP contribution in [0.25, 0.3) is 0 Å². The molecule has 8 heteroatoms. The molecule has 0 bridgehead atoms. The molecule has 0 aliphatic heterocycles. The molecule has 0 N–H and O–H groups in total. The normalized spacial score (nSPS) is 24.6. The Hall–Kier alpha value is -1.54. The van der Waals surface area contributed by atoms with E-state index in [2.05, 4.69) is 28.2 Å². The number of quaternary nitrogens is 2. The molecule has 0 spiro atoms. The van der Waals surface area contributed by atoms with Crippen molar-refractivity contribution in [1.82, 2.24) is 9.80 Å². The number of likely N-dealkylation sites (N-methyl/N-ethyl adjacent to an activating group) is 2. The molecule has 0 radical (unpaired) electrons. The number of amides is 2. The minimum absolute atomic E-state index is 0.0437. The highest BCUT2D eigenvalue weighted by atomic mass is 16.6. The van der Waals surface area contributed by atoms with E-state index >= 15 is 0 Å². The summed E-state index contributed by atoms with van der Waals surface area (Å²) in [6.07, 6.45) is 13.7. The first-order valence-electron chi connectivity index (χ1n) is 14.3. The van der Waals surface area contributed by atoms with Gasteiger partial charge >= 0.3 is 12.2 Å². The summed E-state index contributed by atoms with van der Waals surface area (Å²) in [5, 5.41) is 0. The summed E-state index contributed by atoms with van der Waals surface area (Å²) in [4.78, 5) is 27.2. The Bertz CT molecular complexity index is 637. The smallest absolute Gasteiger partial charge is 0.409 e. The molecule has 2 rings (SSSR count). The topological polar surface area (TPSA) is 59.1 Å². The van der Waals surface area contributed by atoms with Gasteiger partial charge in [0.2, 0.25) is 0 Å². The number of unbranched alkanes of at least 4 members (excludes halogenated alkanes) is 5. The molecule has 2 fully saturated rings. The van der Waals surface area contributed by atoms with Gasteiger partial charge in [0.05, 0.1) is 41.3 Å². The van der Waals surface area contributed by atoms with Crippen LogP contribution in [-0.2, 0) is 9.47 Å². The summed E-state index contributed by atoms with van der Waals surface area (Å²) in [6.45, 7) is 2.28. The monoisotopic (exact) mass is 512 g/mol. The minimum atomic E-state index is -0.216. The summed E-state index contributed by atoms with van der Waals surface area (Å²) in [7, 11) is 16.2. The standard InChI is InChI=1S/C28H56N4O4/c1-29(2)27(33)35-25-19-15-17-23(25)31(5,6)21-13-11-9-10-12-14-22-32(7,8)24-18-16-20-26(24)36-28(34)30(3)4/h23-26H,9-22H2,1-8H3/q+2. The van der Waals surface area contributed by atoms with Gasteiger partial charge in [0.15, 0.2) is 12.2 Å². The first kappa shape index (κ1) is 30.7. The molecule has 8 nitrogen and oxygen atoms in total. The fourth-order valence-corrected chi connectivity index (χ4v) is 6.23. The van der Waals surface area contributed by atoms with Crippen molar-refractivity contribution in [2.45, 2.75) is 101 Å². The first-order valence-corrected chi connectivity index (χ1v) is 14.3.